The molecule has 0 aromatic carbocycles. The Morgan fingerprint density at radius 2 is 1.76 bits per heavy atom. The summed E-state index contributed by atoms with van der Waals surface area (Å²) in [5, 5.41) is 17.5. The molecule has 0 saturated carbocycles. The average Bonchev–Trinajstić information content (AvgIpc) is 2.11. The fraction of sp³-hybridized carbons (Fsp3) is 0.833. The van der Waals surface area contributed by atoms with Gasteiger partial charge in [-0.2, -0.15) is 0 Å². The van der Waals surface area contributed by atoms with Crippen LogP contribution in [0.2, 0.25) is 0 Å². The molecule has 0 heterocycles. The molecule has 2 N–H and O–H groups in total. The van der Waals surface area contributed by atoms with Crippen LogP contribution < -0.4 is 0 Å². The van der Waals surface area contributed by atoms with Crippen LogP contribution in [-0.4, -0.2) is 47.2 Å². The zero-order valence-electron chi connectivity index (χ0n) is 11.1. The van der Waals surface area contributed by atoms with Gasteiger partial charge in [-0.3, -0.25) is 9.59 Å². The molecule has 0 aliphatic rings. The van der Waals surface area contributed by atoms with Crippen LogP contribution in [0.5, 0.6) is 0 Å². The van der Waals surface area contributed by atoms with E-state index in [4.69, 9.17) is 10.2 Å². The summed E-state index contributed by atoms with van der Waals surface area (Å²) in [4.78, 5) is 23.3. The molecule has 0 rings (SSSR count). The minimum Gasteiger partial charge on any atom is -0.481 e. The fourth-order valence-electron chi connectivity index (χ4n) is 1.43. The van der Waals surface area contributed by atoms with Crippen molar-refractivity contribution in [1.29, 1.82) is 0 Å². The van der Waals surface area contributed by atoms with Crippen LogP contribution in [0, 0.1) is 11.3 Å². The van der Waals surface area contributed by atoms with Crippen molar-refractivity contribution in [3.8, 4) is 0 Å². The van der Waals surface area contributed by atoms with E-state index in [0.717, 1.165) is 13.0 Å². The van der Waals surface area contributed by atoms with Crippen molar-refractivity contribution in [3.63, 3.8) is 0 Å². The SMILES string of the molecule is CN(CCC(C)(C)C)CC(CC(=O)O)C(=O)O. The van der Waals surface area contributed by atoms with E-state index in [1.54, 1.807) is 0 Å². The first-order valence-corrected chi connectivity index (χ1v) is 5.75. The van der Waals surface area contributed by atoms with Crippen molar-refractivity contribution < 1.29 is 19.8 Å². The number of nitrogens with zero attached hydrogens (tertiary/aromatic N) is 1. The van der Waals surface area contributed by atoms with E-state index < -0.39 is 17.9 Å². The maximum atomic E-state index is 10.9. The Bertz CT molecular complexity index is 270. The van der Waals surface area contributed by atoms with E-state index in [1.807, 2.05) is 11.9 Å². The summed E-state index contributed by atoms with van der Waals surface area (Å²) < 4.78 is 0. The van der Waals surface area contributed by atoms with Crippen molar-refractivity contribution in [2.24, 2.45) is 11.3 Å². The molecule has 0 aromatic rings. The Labute approximate surface area is 102 Å². The van der Waals surface area contributed by atoms with E-state index in [1.165, 1.54) is 0 Å². The molecule has 0 spiro atoms. The topological polar surface area (TPSA) is 77.8 Å². The summed E-state index contributed by atoms with van der Waals surface area (Å²) in [6.45, 7) is 7.40. The lowest BCUT2D eigenvalue weighted by atomic mass is 9.92. The lowest BCUT2D eigenvalue weighted by Gasteiger charge is -2.25. The van der Waals surface area contributed by atoms with Gasteiger partial charge in [-0.05, 0) is 25.4 Å². The molecule has 0 bridgehead atoms. The highest BCUT2D eigenvalue weighted by Gasteiger charge is 2.23. The van der Waals surface area contributed by atoms with Crippen molar-refractivity contribution in [3.05, 3.63) is 0 Å². The number of hydrogen-bond acceptors (Lipinski definition) is 3. The number of rotatable bonds is 7. The summed E-state index contributed by atoms with van der Waals surface area (Å²) in [5.74, 6) is -2.95. The highest BCUT2D eigenvalue weighted by atomic mass is 16.4. The zero-order valence-corrected chi connectivity index (χ0v) is 11.1. The summed E-state index contributed by atoms with van der Waals surface area (Å²) in [6.07, 6.45) is 0.623. The third kappa shape index (κ3) is 8.68. The van der Waals surface area contributed by atoms with Gasteiger partial charge in [-0.15, -0.1) is 0 Å². The van der Waals surface area contributed by atoms with Gasteiger partial charge in [0.05, 0.1) is 12.3 Å². The van der Waals surface area contributed by atoms with Crippen LogP contribution in [0.3, 0.4) is 0 Å². The third-order valence-electron chi connectivity index (χ3n) is 2.55. The molecular weight excluding hydrogens is 222 g/mol. The molecule has 0 saturated heterocycles. The first-order chi connectivity index (χ1) is 7.61. The van der Waals surface area contributed by atoms with Gasteiger partial charge < -0.3 is 15.1 Å². The maximum Gasteiger partial charge on any atom is 0.308 e. The van der Waals surface area contributed by atoms with Gasteiger partial charge >= 0.3 is 11.9 Å². The minimum atomic E-state index is -1.07. The molecule has 5 heteroatoms. The largest absolute Gasteiger partial charge is 0.481 e. The van der Waals surface area contributed by atoms with Crippen LogP contribution in [0.1, 0.15) is 33.6 Å². The van der Waals surface area contributed by atoms with E-state index in [-0.39, 0.29) is 18.4 Å². The van der Waals surface area contributed by atoms with Gasteiger partial charge in [0.1, 0.15) is 0 Å². The summed E-state index contributed by atoms with van der Waals surface area (Å²) in [6, 6.07) is 0. The van der Waals surface area contributed by atoms with E-state index >= 15 is 0 Å². The Hall–Kier alpha value is -1.10. The molecular formula is C12H23NO4. The van der Waals surface area contributed by atoms with Crippen LogP contribution in [-0.2, 0) is 9.59 Å². The molecule has 0 amide bonds. The molecule has 5 nitrogen and oxygen atoms in total. The molecule has 100 valence electrons. The zero-order chi connectivity index (χ0) is 13.6. The predicted octanol–water partition coefficient (Wildman–Crippen LogP) is 1.53. The Morgan fingerprint density at radius 1 is 1.24 bits per heavy atom. The number of carboxylic acids is 2. The highest BCUT2D eigenvalue weighted by molar-refractivity contribution is 5.77. The standard InChI is InChI=1S/C12H23NO4/c1-12(2,3)5-6-13(4)8-9(11(16)17)7-10(14)15/h9H,5-8H2,1-4H3,(H,14,15)(H,16,17). The summed E-state index contributed by atoms with van der Waals surface area (Å²) in [7, 11) is 1.82. The maximum absolute atomic E-state index is 10.9. The molecule has 0 radical (unpaired) electrons. The lowest BCUT2D eigenvalue weighted by Crippen LogP contribution is -2.33. The predicted molar refractivity (Wildman–Crippen MR) is 64.9 cm³/mol. The molecule has 0 aliphatic carbocycles. The normalized spacial score (nSPS) is 13.7. The highest BCUT2D eigenvalue weighted by Crippen LogP contribution is 2.19. The Morgan fingerprint density at radius 3 is 2.12 bits per heavy atom. The summed E-state index contributed by atoms with van der Waals surface area (Å²) in [5.41, 5.74) is 0.194. The average molecular weight is 245 g/mol. The van der Waals surface area contributed by atoms with Crippen molar-refractivity contribution in [2.75, 3.05) is 20.1 Å². The van der Waals surface area contributed by atoms with Crippen molar-refractivity contribution >= 4 is 11.9 Å². The van der Waals surface area contributed by atoms with Crippen LogP contribution >= 0.6 is 0 Å². The number of aliphatic carboxylic acids is 2. The van der Waals surface area contributed by atoms with Crippen molar-refractivity contribution in [1.82, 2.24) is 4.90 Å². The van der Waals surface area contributed by atoms with Gasteiger partial charge in [-0.25, -0.2) is 0 Å². The van der Waals surface area contributed by atoms with Crippen LogP contribution in [0.15, 0.2) is 0 Å². The second-order valence-corrected chi connectivity index (χ2v) is 5.71. The fourth-order valence-corrected chi connectivity index (χ4v) is 1.43. The monoisotopic (exact) mass is 245 g/mol. The summed E-state index contributed by atoms with van der Waals surface area (Å²) >= 11 is 0. The smallest absolute Gasteiger partial charge is 0.308 e. The van der Waals surface area contributed by atoms with Gasteiger partial charge in [0, 0.05) is 6.54 Å². The molecule has 0 aromatic heterocycles. The minimum absolute atomic E-state index is 0.194. The quantitative estimate of drug-likeness (QED) is 0.711. The first kappa shape index (κ1) is 15.9. The van der Waals surface area contributed by atoms with Gasteiger partial charge in [0.25, 0.3) is 0 Å². The number of carboxylic acid groups (broad SMARTS) is 2. The van der Waals surface area contributed by atoms with E-state index in [0.29, 0.717) is 0 Å². The van der Waals surface area contributed by atoms with Gasteiger partial charge in [-0.1, -0.05) is 20.8 Å². The van der Waals surface area contributed by atoms with Gasteiger partial charge in [0.2, 0.25) is 0 Å². The Kier molecular flexibility index (Phi) is 6.16. The van der Waals surface area contributed by atoms with Crippen LogP contribution in [0.25, 0.3) is 0 Å². The number of hydrogen-bond donors (Lipinski definition) is 2. The lowest BCUT2D eigenvalue weighted by molar-refractivity contribution is -0.148. The Balaban J connectivity index is 4.17. The van der Waals surface area contributed by atoms with E-state index in [9.17, 15) is 9.59 Å². The molecule has 0 fully saturated rings. The second kappa shape index (κ2) is 6.59. The second-order valence-electron chi connectivity index (χ2n) is 5.71. The van der Waals surface area contributed by atoms with E-state index in [2.05, 4.69) is 20.8 Å². The number of carbonyl (C=O) groups is 2. The van der Waals surface area contributed by atoms with Crippen molar-refractivity contribution in [2.45, 2.75) is 33.6 Å². The molecule has 1 unspecified atom stereocenters. The van der Waals surface area contributed by atoms with Gasteiger partial charge in [0.15, 0.2) is 0 Å². The molecule has 17 heavy (non-hydrogen) atoms. The molecule has 0 aliphatic heterocycles. The van der Waals surface area contributed by atoms with Crippen LogP contribution in [0.4, 0.5) is 0 Å². The third-order valence-corrected chi connectivity index (χ3v) is 2.55. The first-order valence-electron chi connectivity index (χ1n) is 5.75. The molecule has 1 atom stereocenters.